The van der Waals surface area contributed by atoms with Crippen molar-refractivity contribution < 1.29 is 18.7 Å². The molecule has 1 aromatic heterocycles. The Morgan fingerprint density at radius 1 is 1.39 bits per heavy atom. The Hall–Kier alpha value is -2.36. The summed E-state index contributed by atoms with van der Waals surface area (Å²) < 4.78 is 23.6. The van der Waals surface area contributed by atoms with E-state index < -0.39 is 5.82 Å². The molecule has 1 atom stereocenters. The van der Waals surface area contributed by atoms with E-state index in [0.29, 0.717) is 31.2 Å². The second-order valence-corrected chi connectivity index (χ2v) is 7.85. The molecule has 0 saturated carbocycles. The number of ether oxygens (including phenoxy) is 1. The number of halogens is 1. The summed E-state index contributed by atoms with van der Waals surface area (Å²) in [4.78, 5) is 29.3. The van der Waals surface area contributed by atoms with Crippen molar-refractivity contribution in [3.63, 3.8) is 0 Å². The summed E-state index contributed by atoms with van der Waals surface area (Å²) in [5.41, 5.74) is 0.433. The number of nitrogens with zero attached hydrogens (tertiary/aromatic N) is 3. The van der Waals surface area contributed by atoms with E-state index in [2.05, 4.69) is 14.6 Å². The van der Waals surface area contributed by atoms with Crippen LogP contribution in [0.25, 0.3) is 0 Å². The molecule has 3 rings (SSSR count). The third-order valence-corrected chi connectivity index (χ3v) is 5.06. The van der Waals surface area contributed by atoms with Crippen molar-refractivity contribution in [3.8, 4) is 0 Å². The zero-order valence-corrected chi connectivity index (χ0v) is 16.7. The number of benzene rings is 1. The number of rotatable bonds is 5. The second-order valence-electron chi connectivity index (χ2n) is 7.01. The Kier molecular flexibility index (Phi) is 6.71. The molecule has 150 valence electrons. The van der Waals surface area contributed by atoms with Gasteiger partial charge in [-0.3, -0.25) is 9.59 Å². The van der Waals surface area contributed by atoms with Gasteiger partial charge in [-0.1, -0.05) is 0 Å². The zero-order valence-electron chi connectivity index (χ0n) is 15.9. The molecule has 1 saturated heterocycles. The van der Waals surface area contributed by atoms with Crippen LogP contribution < -0.4 is 5.32 Å². The molecule has 9 heteroatoms. The number of hydrogen-bond acceptors (Lipinski definition) is 6. The highest BCUT2D eigenvalue weighted by Crippen LogP contribution is 2.19. The fourth-order valence-corrected chi connectivity index (χ4v) is 3.68. The number of nitrogens with one attached hydrogen (secondary N) is 1. The van der Waals surface area contributed by atoms with Gasteiger partial charge in [0, 0.05) is 43.0 Å². The van der Waals surface area contributed by atoms with E-state index >= 15 is 0 Å². The predicted octanol–water partition coefficient (Wildman–Crippen LogP) is 2.18. The van der Waals surface area contributed by atoms with Gasteiger partial charge in [0.05, 0.1) is 13.2 Å². The molecule has 1 aliphatic rings. The van der Waals surface area contributed by atoms with Gasteiger partial charge in [-0.25, -0.2) is 8.76 Å². The molecule has 1 N–H and O–H groups in total. The lowest BCUT2D eigenvalue weighted by Gasteiger charge is -2.25. The standard InChI is InChI=1S/C19H23FN4O3S/c1-23(2)10-13-11-24(5-6-27-12-13)19(26)14-7-15(20)9-16(8-14)22-18(25)17-3-4-21-28-17/h3-4,7-9,13H,5-6,10-12H2,1-2H3,(H,22,25). The summed E-state index contributed by atoms with van der Waals surface area (Å²) >= 11 is 1.05. The van der Waals surface area contributed by atoms with E-state index in [0.717, 1.165) is 18.1 Å². The summed E-state index contributed by atoms with van der Waals surface area (Å²) in [6.07, 6.45) is 1.52. The fraction of sp³-hybridized carbons (Fsp3) is 0.421. The minimum absolute atomic E-state index is 0.181. The Balaban J connectivity index is 1.75. The molecule has 2 amide bonds. The van der Waals surface area contributed by atoms with Gasteiger partial charge < -0.3 is 19.9 Å². The minimum Gasteiger partial charge on any atom is -0.379 e. The molecular formula is C19H23FN4O3S. The van der Waals surface area contributed by atoms with Gasteiger partial charge in [0.1, 0.15) is 10.7 Å². The van der Waals surface area contributed by atoms with Gasteiger partial charge in [-0.2, -0.15) is 0 Å². The van der Waals surface area contributed by atoms with Gasteiger partial charge in [-0.15, -0.1) is 0 Å². The molecular weight excluding hydrogens is 383 g/mol. The molecule has 1 aromatic carbocycles. The maximum absolute atomic E-state index is 14.1. The van der Waals surface area contributed by atoms with Crippen LogP contribution in [-0.4, -0.2) is 72.9 Å². The van der Waals surface area contributed by atoms with E-state index in [9.17, 15) is 14.0 Å². The largest absolute Gasteiger partial charge is 0.379 e. The lowest BCUT2D eigenvalue weighted by atomic mass is 10.1. The maximum Gasteiger partial charge on any atom is 0.267 e. The summed E-state index contributed by atoms with van der Waals surface area (Å²) in [6, 6.07) is 5.46. The Bertz CT molecular complexity index is 829. The lowest BCUT2D eigenvalue weighted by Crippen LogP contribution is -2.38. The molecule has 0 bridgehead atoms. The lowest BCUT2D eigenvalue weighted by molar-refractivity contribution is 0.0734. The fourth-order valence-electron chi connectivity index (χ4n) is 3.19. The van der Waals surface area contributed by atoms with Crippen molar-refractivity contribution in [2.24, 2.45) is 5.92 Å². The number of amides is 2. The number of carbonyl (C=O) groups excluding carboxylic acids is 2. The van der Waals surface area contributed by atoms with E-state index in [1.54, 1.807) is 11.0 Å². The third kappa shape index (κ3) is 5.34. The smallest absolute Gasteiger partial charge is 0.267 e. The van der Waals surface area contributed by atoms with Crippen molar-refractivity contribution in [2.45, 2.75) is 0 Å². The van der Waals surface area contributed by atoms with Crippen molar-refractivity contribution in [1.29, 1.82) is 0 Å². The molecule has 1 unspecified atom stereocenters. The van der Waals surface area contributed by atoms with Crippen LogP contribution in [0.3, 0.4) is 0 Å². The highest BCUT2D eigenvalue weighted by Gasteiger charge is 2.24. The van der Waals surface area contributed by atoms with E-state index in [1.807, 2.05) is 14.1 Å². The SMILES string of the molecule is CN(C)CC1COCCN(C(=O)c2cc(F)cc(NC(=O)c3ccns3)c2)C1. The maximum atomic E-state index is 14.1. The topological polar surface area (TPSA) is 74.8 Å². The normalized spacial score (nSPS) is 17.4. The van der Waals surface area contributed by atoms with Crippen molar-refractivity contribution in [2.75, 3.05) is 52.3 Å². The van der Waals surface area contributed by atoms with E-state index in [1.165, 1.54) is 24.4 Å². The van der Waals surface area contributed by atoms with Crippen LogP contribution in [0, 0.1) is 11.7 Å². The highest BCUT2D eigenvalue weighted by atomic mass is 32.1. The third-order valence-electron chi connectivity index (χ3n) is 4.31. The average Bonchev–Trinajstić information content (AvgIpc) is 3.08. The van der Waals surface area contributed by atoms with Crippen LogP contribution in [-0.2, 0) is 4.74 Å². The molecule has 1 aliphatic heterocycles. The van der Waals surface area contributed by atoms with Crippen LogP contribution in [0.4, 0.5) is 10.1 Å². The monoisotopic (exact) mass is 406 g/mol. The van der Waals surface area contributed by atoms with Crippen LogP contribution in [0.15, 0.2) is 30.5 Å². The summed E-state index contributed by atoms with van der Waals surface area (Å²) in [6.45, 7) is 2.81. The molecule has 28 heavy (non-hydrogen) atoms. The van der Waals surface area contributed by atoms with Gasteiger partial charge in [-0.05, 0) is 49.9 Å². The van der Waals surface area contributed by atoms with Gasteiger partial charge in [0.2, 0.25) is 0 Å². The van der Waals surface area contributed by atoms with Crippen molar-refractivity contribution in [1.82, 2.24) is 14.2 Å². The first-order chi connectivity index (χ1) is 13.4. The Morgan fingerprint density at radius 2 is 2.21 bits per heavy atom. The number of carbonyl (C=O) groups is 2. The number of anilines is 1. The molecule has 0 radical (unpaired) electrons. The highest BCUT2D eigenvalue weighted by molar-refractivity contribution is 7.08. The number of hydrogen-bond donors (Lipinski definition) is 1. The van der Waals surface area contributed by atoms with Crippen LogP contribution in [0.5, 0.6) is 0 Å². The molecule has 0 aliphatic carbocycles. The quantitative estimate of drug-likeness (QED) is 0.824. The van der Waals surface area contributed by atoms with Gasteiger partial charge in [0.25, 0.3) is 11.8 Å². The van der Waals surface area contributed by atoms with Gasteiger partial charge in [0.15, 0.2) is 0 Å². The minimum atomic E-state index is -0.582. The summed E-state index contributed by atoms with van der Waals surface area (Å²) in [5.74, 6) is -1.07. The molecule has 7 nitrogen and oxygen atoms in total. The Morgan fingerprint density at radius 3 is 2.93 bits per heavy atom. The predicted molar refractivity (Wildman–Crippen MR) is 105 cm³/mol. The van der Waals surface area contributed by atoms with Crippen LogP contribution in [0.2, 0.25) is 0 Å². The second kappa shape index (κ2) is 9.22. The van der Waals surface area contributed by atoms with Crippen LogP contribution in [0.1, 0.15) is 20.0 Å². The van der Waals surface area contributed by atoms with Crippen molar-refractivity contribution >= 4 is 29.0 Å². The number of aromatic nitrogens is 1. The molecule has 0 spiro atoms. The first kappa shape index (κ1) is 20.4. The first-order valence-corrected chi connectivity index (χ1v) is 9.74. The first-order valence-electron chi connectivity index (χ1n) is 8.96. The summed E-state index contributed by atoms with van der Waals surface area (Å²) in [7, 11) is 3.95. The van der Waals surface area contributed by atoms with Crippen LogP contribution >= 0.6 is 11.5 Å². The Labute approximate surface area is 167 Å². The molecule has 2 aromatic rings. The van der Waals surface area contributed by atoms with E-state index in [-0.39, 0.29) is 29.0 Å². The average molecular weight is 406 g/mol. The molecule has 2 heterocycles. The van der Waals surface area contributed by atoms with E-state index in [4.69, 9.17) is 4.74 Å². The van der Waals surface area contributed by atoms with Crippen molar-refractivity contribution in [3.05, 3.63) is 46.7 Å². The zero-order chi connectivity index (χ0) is 20.1. The van der Waals surface area contributed by atoms with Gasteiger partial charge >= 0.3 is 0 Å². The summed E-state index contributed by atoms with van der Waals surface area (Å²) in [5, 5.41) is 2.62. The molecule has 1 fully saturated rings.